The summed E-state index contributed by atoms with van der Waals surface area (Å²) in [5.41, 5.74) is 6.53. The zero-order chi connectivity index (χ0) is 21.1. The van der Waals surface area contributed by atoms with Crippen molar-refractivity contribution in [2.24, 2.45) is 4.99 Å². The maximum atomic E-state index is 13.6. The van der Waals surface area contributed by atoms with Crippen molar-refractivity contribution in [1.82, 2.24) is 14.0 Å². The predicted octanol–water partition coefficient (Wildman–Crippen LogP) is 3.12. The van der Waals surface area contributed by atoms with Crippen LogP contribution in [0.3, 0.4) is 0 Å². The smallest absolute Gasteiger partial charge is 0.259 e. The van der Waals surface area contributed by atoms with E-state index >= 15 is 0 Å². The molecule has 0 N–H and O–H groups in total. The van der Waals surface area contributed by atoms with Crippen molar-refractivity contribution in [2.75, 3.05) is 13.6 Å². The molecule has 0 atom stereocenters. The lowest BCUT2D eigenvalue weighted by Gasteiger charge is -2.31. The highest BCUT2D eigenvalue weighted by atomic mass is 16.1. The summed E-state index contributed by atoms with van der Waals surface area (Å²) in [5, 5.41) is 0. The third-order valence-electron chi connectivity index (χ3n) is 5.93. The number of aromatic nitrogens is 2. The van der Waals surface area contributed by atoms with Crippen LogP contribution in [-0.2, 0) is 32.6 Å². The van der Waals surface area contributed by atoms with E-state index in [2.05, 4.69) is 76.8 Å². The quantitative estimate of drug-likeness (QED) is 0.658. The molecule has 0 aliphatic carbocycles. The molecule has 0 saturated carbocycles. The van der Waals surface area contributed by atoms with Crippen molar-refractivity contribution in [2.45, 2.75) is 46.4 Å². The van der Waals surface area contributed by atoms with Gasteiger partial charge < -0.3 is 4.57 Å². The van der Waals surface area contributed by atoms with Gasteiger partial charge in [-0.05, 0) is 25.0 Å². The van der Waals surface area contributed by atoms with Crippen molar-refractivity contribution in [3.05, 3.63) is 98.5 Å². The molecule has 2 aromatic carbocycles. The highest BCUT2D eigenvalue weighted by Crippen LogP contribution is 2.17. The lowest BCUT2D eigenvalue weighted by Crippen LogP contribution is -2.48. The Hall–Kier alpha value is -2.92. The topological polar surface area (TPSA) is 42.5 Å². The van der Waals surface area contributed by atoms with Gasteiger partial charge in [0.25, 0.3) is 5.56 Å². The average Bonchev–Trinajstić information content (AvgIpc) is 2.77. The van der Waals surface area contributed by atoms with Crippen LogP contribution in [-0.4, -0.2) is 27.6 Å². The monoisotopic (exact) mass is 402 g/mol. The molecule has 2 heterocycles. The molecule has 0 amide bonds. The molecule has 0 fully saturated rings. The van der Waals surface area contributed by atoms with Crippen molar-refractivity contribution in [3.8, 4) is 0 Å². The minimum absolute atomic E-state index is 0.0913. The van der Waals surface area contributed by atoms with Crippen LogP contribution in [0.4, 0.5) is 0 Å². The van der Waals surface area contributed by atoms with Crippen molar-refractivity contribution in [3.63, 3.8) is 0 Å². The first-order chi connectivity index (χ1) is 14.6. The van der Waals surface area contributed by atoms with E-state index in [0.29, 0.717) is 13.1 Å². The first-order valence-corrected chi connectivity index (χ1v) is 10.7. The molecule has 1 aliphatic rings. The van der Waals surface area contributed by atoms with E-state index in [0.717, 1.165) is 48.5 Å². The summed E-state index contributed by atoms with van der Waals surface area (Å²) in [7, 11) is 1.78. The van der Waals surface area contributed by atoms with E-state index in [1.807, 2.05) is 10.6 Å². The van der Waals surface area contributed by atoms with Crippen LogP contribution in [0.15, 0.2) is 64.4 Å². The molecule has 30 heavy (non-hydrogen) atoms. The lowest BCUT2D eigenvalue weighted by molar-refractivity contribution is 0.236. The summed E-state index contributed by atoms with van der Waals surface area (Å²) in [4.78, 5) is 20.5. The van der Waals surface area contributed by atoms with Crippen LogP contribution >= 0.6 is 0 Å². The molecule has 0 saturated heterocycles. The molecule has 0 radical (unpaired) electrons. The first-order valence-electron chi connectivity index (χ1n) is 10.7. The van der Waals surface area contributed by atoms with Crippen LogP contribution in [0, 0.1) is 6.92 Å². The zero-order valence-corrected chi connectivity index (χ0v) is 18.1. The van der Waals surface area contributed by atoms with Gasteiger partial charge in [-0.1, -0.05) is 60.2 Å². The molecule has 1 aliphatic heterocycles. The van der Waals surface area contributed by atoms with Gasteiger partial charge in [0.2, 0.25) is 5.62 Å². The molecule has 0 bridgehead atoms. The molecule has 0 unspecified atom stereocenters. The van der Waals surface area contributed by atoms with Crippen molar-refractivity contribution >= 4 is 0 Å². The highest BCUT2D eigenvalue weighted by molar-refractivity contribution is 5.25. The summed E-state index contributed by atoms with van der Waals surface area (Å²) in [6, 6.07) is 18.9. The molecular formula is C25H30N4O. The maximum Gasteiger partial charge on any atom is 0.259 e. The summed E-state index contributed by atoms with van der Waals surface area (Å²) < 4.78 is 4.07. The van der Waals surface area contributed by atoms with Crippen molar-refractivity contribution in [1.29, 1.82) is 0 Å². The number of nitrogens with zero attached hydrogens (tertiary/aromatic N) is 4. The minimum Gasteiger partial charge on any atom is -0.316 e. The Kier molecular flexibility index (Phi) is 6.00. The second kappa shape index (κ2) is 8.84. The van der Waals surface area contributed by atoms with Crippen LogP contribution in [0.1, 0.15) is 34.9 Å². The lowest BCUT2D eigenvalue weighted by atomic mass is 10.0. The molecule has 4 rings (SSSR count). The fourth-order valence-electron chi connectivity index (χ4n) is 4.39. The van der Waals surface area contributed by atoms with E-state index in [9.17, 15) is 4.79 Å². The van der Waals surface area contributed by atoms with E-state index in [1.54, 1.807) is 7.05 Å². The second-order valence-electron chi connectivity index (χ2n) is 8.02. The molecule has 156 valence electrons. The highest BCUT2D eigenvalue weighted by Gasteiger charge is 2.24. The van der Waals surface area contributed by atoms with E-state index in [1.165, 1.54) is 11.1 Å². The normalized spacial score (nSPS) is 14.7. The fourth-order valence-corrected chi connectivity index (χ4v) is 4.39. The Morgan fingerprint density at radius 3 is 2.30 bits per heavy atom. The summed E-state index contributed by atoms with van der Waals surface area (Å²) in [6.07, 6.45) is 0.874. The number of hydrogen-bond acceptors (Lipinski definition) is 3. The van der Waals surface area contributed by atoms with Gasteiger partial charge in [0.05, 0.1) is 12.1 Å². The Balaban J connectivity index is 1.74. The predicted molar refractivity (Wildman–Crippen MR) is 120 cm³/mol. The van der Waals surface area contributed by atoms with Gasteiger partial charge in [-0.2, -0.15) is 0 Å². The van der Waals surface area contributed by atoms with Crippen LogP contribution < -0.4 is 11.2 Å². The number of rotatable bonds is 5. The average molecular weight is 403 g/mol. The van der Waals surface area contributed by atoms with Crippen LogP contribution in [0.5, 0.6) is 0 Å². The summed E-state index contributed by atoms with van der Waals surface area (Å²) in [5.74, 6) is 0. The van der Waals surface area contributed by atoms with Gasteiger partial charge in [0.15, 0.2) is 0 Å². The van der Waals surface area contributed by atoms with E-state index < -0.39 is 0 Å². The molecule has 1 aromatic heterocycles. The first kappa shape index (κ1) is 20.4. The van der Waals surface area contributed by atoms with Crippen LogP contribution in [0.25, 0.3) is 0 Å². The third kappa shape index (κ3) is 4.03. The summed E-state index contributed by atoms with van der Waals surface area (Å²) >= 11 is 0. The largest absolute Gasteiger partial charge is 0.316 e. The molecule has 5 heteroatoms. The third-order valence-corrected chi connectivity index (χ3v) is 5.93. The van der Waals surface area contributed by atoms with Gasteiger partial charge in [0, 0.05) is 45.3 Å². The Morgan fingerprint density at radius 2 is 1.63 bits per heavy atom. The number of aryl methyl sites for hydroxylation is 1. The minimum atomic E-state index is 0.0913. The van der Waals surface area contributed by atoms with Gasteiger partial charge in [-0.15, -0.1) is 0 Å². The molecule has 3 aromatic rings. The Labute approximate surface area is 178 Å². The number of benzene rings is 2. The summed E-state index contributed by atoms with van der Waals surface area (Å²) in [6.45, 7) is 8.05. The fraction of sp³-hybridized carbons (Fsp3) is 0.360. The molecular weight excluding hydrogens is 372 g/mol. The van der Waals surface area contributed by atoms with E-state index in [4.69, 9.17) is 0 Å². The van der Waals surface area contributed by atoms with Crippen molar-refractivity contribution < 1.29 is 0 Å². The maximum absolute atomic E-state index is 13.6. The Bertz CT molecular complexity index is 1140. The second-order valence-corrected chi connectivity index (χ2v) is 8.02. The standard InChI is InChI=1S/C25H30N4O/c1-4-28-23-14-15-27(16-20-8-6-5-7-9-20)18-22(23)24(30)29(25(28)26-3)17-21-12-10-19(2)11-13-21/h5-13H,4,14-18H2,1-3H3. The van der Waals surface area contributed by atoms with Gasteiger partial charge in [-0.3, -0.25) is 19.3 Å². The molecule has 5 nitrogen and oxygen atoms in total. The van der Waals surface area contributed by atoms with Gasteiger partial charge >= 0.3 is 0 Å². The Morgan fingerprint density at radius 1 is 0.933 bits per heavy atom. The number of fused-ring (bicyclic) bond motifs is 1. The van der Waals surface area contributed by atoms with Gasteiger partial charge in [0.1, 0.15) is 0 Å². The molecule has 0 spiro atoms. The SMILES string of the molecule is CCn1c2c(c(=O)n(Cc3ccc(C)cc3)c1=NC)CN(Cc1ccccc1)CC2. The van der Waals surface area contributed by atoms with Gasteiger partial charge in [-0.25, -0.2) is 0 Å². The van der Waals surface area contributed by atoms with Crippen LogP contribution in [0.2, 0.25) is 0 Å². The van der Waals surface area contributed by atoms with E-state index in [-0.39, 0.29) is 5.56 Å². The zero-order valence-electron chi connectivity index (χ0n) is 18.1. The number of hydrogen-bond donors (Lipinski definition) is 0.